The minimum Gasteiger partial charge on any atom is -0.381 e. The van der Waals surface area contributed by atoms with Crippen LogP contribution in [-0.4, -0.2) is 50.2 Å². The molecular weight excluding hydrogens is 288 g/mol. The summed E-state index contributed by atoms with van der Waals surface area (Å²) in [5.74, 6) is 0.156. The summed E-state index contributed by atoms with van der Waals surface area (Å²) in [6.07, 6.45) is 6.03. The molecule has 2 fully saturated rings. The molecular formula is C19H28N2O2. The van der Waals surface area contributed by atoms with E-state index in [0.29, 0.717) is 12.6 Å². The molecule has 4 heteroatoms. The van der Waals surface area contributed by atoms with Gasteiger partial charge in [0.25, 0.3) is 0 Å². The Labute approximate surface area is 139 Å². The van der Waals surface area contributed by atoms with Gasteiger partial charge >= 0.3 is 0 Å². The molecule has 23 heavy (non-hydrogen) atoms. The summed E-state index contributed by atoms with van der Waals surface area (Å²) < 4.78 is 5.38. The van der Waals surface area contributed by atoms with Crippen molar-refractivity contribution in [3.05, 3.63) is 35.9 Å². The van der Waals surface area contributed by atoms with Gasteiger partial charge in [0, 0.05) is 32.2 Å². The number of hydrogen-bond acceptors (Lipinski definition) is 3. The second kappa shape index (κ2) is 7.45. The Morgan fingerprint density at radius 1 is 1.26 bits per heavy atom. The summed E-state index contributed by atoms with van der Waals surface area (Å²) in [6, 6.07) is 10.6. The number of nitrogens with zero attached hydrogens (tertiary/aromatic N) is 1. The van der Waals surface area contributed by atoms with Crippen molar-refractivity contribution in [2.75, 3.05) is 33.3 Å². The fourth-order valence-electron chi connectivity index (χ4n) is 3.79. The predicted octanol–water partition coefficient (Wildman–Crippen LogP) is 2.34. The Morgan fingerprint density at radius 3 is 2.52 bits per heavy atom. The van der Waals surface area contributed by atoms with E-state index in [-0.39, 0.29) is 11.3 Å². The second-order valence-corrected chi connectivity index (χ2v) is 6.99. The summed E-state index contributed by atoms with van der Waals surface area (Å²) in [7, 11) is 1.77. The highest BCUT2D eigenvalue weighted by molar-refractivity contribution is 5.78. The van der Waals surface area contributed by atoms with Crippen LogP contribution >= 0.6 is 0 Å². The number of amides is 1. The Bertz CT molecular complexity index is 505. The third-order valence-corrected chi connectivity index (χ3v) is 5.56. The van der Waals surface area contributed by atoms with Crippen molar-refractivity contribution in [1.29, 1.82) is 0 Å². The van der Waals surface area contributed by atoms with E-state index in [1.165, 1.54) is 24.8 Å². The lowest BCUT2D eigenvalue weighted by molar-refractivity contribution is -0.123. The highest BCUT2D eigenvalue weighted by Crippen LogP contribution is 2.43. The third-order valence-electron chi connectivity index (χ3n) is 5.56. The fourth-order valence-corrected chi connectivity index (χ4v) is 3.79. The molecule has 1 heterocycles. The SMILES string of the molecule is COC1CCN(CC(=O)NCC2(c3ccccc3)CCC2)CC1. The van der Waals surface area contributed by atoms with E-state index in [0.717, 1.165) is 32.5 Å². The average molecular weight is 316 g/mol. The van der Waals surface area contributed by atoms with Gasteiger partial charge in [0.05, 0.1) is 12.6 Å². The van der Waals surface area contributed by atoms with Gasteiger partial charge < -0.3 is 10.1 Å². The van der Waals surface area contributed by atoms with Crippen LogP contribution in [0.1, 0.15) is 37.7 Å². The summed E-state index contributed by atoms with van der Waals surface area (Å²) in [6.45, 7) is 3.19. The topological polar surface area (TPSA) is 41.6 Å². The van der Waals surface area contributed by atoms with Gasteiger partial charge in [0.15, 0.2) is 0 Å². The second-order valence-electron chi connectivity index (χ2n) is 6.99. The molecule has 1 aromatic rings. The zero-order valence-corrected chi connectivity index (χ0v) is 14.1. The van der Waals surface area contributed by atoms with E-state index >= 15 is 0 Å². The van der Waals surface area contributed by atoms with Crippen molar-refractivity contribution in [3.63, 3.8) is 0 Å². The number of ether oxygens (including phenoxy) is 1. The van der Waals surface area contributed by atoms with Crippen molar-refractivity contribution in [2.45, 2.75) is 43.6 Å². The number of rotatable bonds is 6. The molecule has 2 aliphatic rings. The van der Waals surface area contributed by atoms with Gasteiger partial charge in [-0.1, -0.05) is 36.8 Å². The molecule has 126 valence electrons. The minimum absolute atomic E-state index is 0.156. The van der Waals surface area contributed by atoms with Gasteiger partial charge in [-0.25, -0.2) is 0 Å². The lowest BCUT2D eigenvalue weighted by Crippen LogP contribution is -2.49. The number of carbonyl (C=O) groups is 1. The minimum atomic E-state index is 0.156. The lowest BCUT2D eigenvalue weighted by Gasteiger charge is -2.42. The number of carbonyl (C=O) groups excluding carboxylic acids is 1. The number of methoxy groups -OCH3 is 1. The fraction of sp³-hybridized carbons (Fsp3) is 0.632. The molecule has 3 rings (SSSR count). The highest BCUT2D eigenvalue weighted by Gasteiger charge is 2.38. The number of nitrogens with one attached hydrogen (secondary N) is 1. The van der Waals surface area contributed by atoms with Crippen LogP contribution in [0.15, 0.2) is 30.3 Å². The molecule has 1 aliphatic heterocycles. The van der Waals surface area contributed by atoms with Crippen LogP contribution in [0.2, 0.25) is 0 Å². The lowest BCUT2D eigenvalue weighted by atomic mass is 9.64. The van der Waals surface area contributed by atoms with Gasteiger partial charge in [-0.05, 0) is 31.2 Å². The molecule has 1 saturated heterocycles. The molecule has 1 saturated carbocycles. The van der Waals surface area contributed by atoms with Crippen molar-refractivity contribution >= 4 is 5.91 Å². The van der Waals surface area contributed by atoms with Crippen LogP contribution in [0, 0.1) is 0 Å². The van der Waals surface area contributed by atoms with E-state index < -0.39 is 0 Å². The quantitative estimate of drug-likeness (QED) is 0.876. The maximum Gasteiger partial charge on any atom is 0.234 e. The van der Waals surface area contributed by atoms with E-state index in [1.807, 2.05) is 0 Å². The van der Waals surface area contributed by atoms with Crippen LogP contribution in [0.3, 0.4) is 0 Å². The van der Waals surface area contributed by atoms with Gasteiger partial charge in [-0.15, -0.1) is 0 Å². The Balaban J connectivity index is 1.47. The molecule has 0 atom stereocenters. The van der Waals surface area contributed by atoms with E-state index in [2.05, 4.69) is 40.5 Å². The highest BCUT2D eigenvalue weighted by atomic mass is 16.5. The molecule has 0 bridgehead atoms. The maximum atomic E-state index is 12.3. The van der Waals surface area contributed by atoms with Crippen LogP contribution in [0.5, 0.6) is 0 Å². The zero-order valence-electron chi connectivity index (χ0n) is 14.1. The molecule has 0 spiro atoms. The first-order chi connectivity index (χ1) is 11.2. The largest absolute Gasteiger partial charge is 0.381 e. The van der Waals surface area contributed by atoms with Crippen LogP contribution in [-0.2, 0) is 14.9 Å². The maximum absolute atomic E-state index is 12.3. The van der Waals surface area contributed by atoms with Crippen molar-refractivity contribution in [2.24, 2.45) is 0 Å². The first-order valence-electron chi connectivity index (χ1n) is 8.79. The summed E-state index contributed by atoms with van der Waals surface area (Å²) in [5.41, 5.74) is 1.53. The number of benzene rings is 1. The molecule has 4 nitrogen and oxygen atoms in total. The monoisotopic (exact) mass is 316 g/mol. The molecule has 1 amide bonds. The normalized spacial score (nSPS) is 21.6. The first kappa shape index (κ1) is 16.5. The van der Waals surface area contributed by atoms with Gasteiger partial charge in [-0.3, -0.25) is 9.69 Å². The van der Waals surface area contributed by atoms with Gasteiger partial charge in [0.2, 0.25) is 5.91 Å². The summed E-state index contributed by atoms with van der Waals surface area (Å²) in [4.78, 5) is 14.5. The van der Waals surface area contributed by atoms with E-state index in [9.17, 15) is 4.79 Å². The van der Waals surface area contributed by atoms with Crippen molar-refractivity contribution in [3.8, 4) is 0 Å². The van der Waals surface area contributed by atoms with Crippen LogP contribution in [0.25, 0.3) is 0 Å². The van der Waals surface area contributed by atoms with Crippen LogP contribution in [0.4, 0.5) is 0 Å². The zero-order chi connectivity index (χ0) is 16.1. The predicted molar refractivity (Wildman–Crippen MR) is 91.5 cm³/mol. The molecule has 1 aliphatic carbocycles. The standard InChI is InChI=1S/C19H28N2O2/c1-23-17-8-12-21(13-9-17)14-18(22)20-15-19(10-5-11-19)16-6-3-2-4-7-16/h2-4,6-7,17H,5,8-15H2,1H3,(H,20,22). The van der Waals surface area contributed by atoms with E-state index in [1.54, 1.807) is 7.11 Å². The average Bonchev–Trinajstić information content (AvgIpc) is 2.55. The Hall–Kier alpha value is -1.39. The number of piperidine rings is 1. The van der Waals surface area contributed by atoms with Crippen molar-refractivity contribution in [1.82, 2.24) is 10.2 Å². The van der Waals surface area contributed by atoms with E-state index in [4.69, 9.17) is 4.74 Å². The Kier molecular flexibility index (Phi) is 5.34. The molecule has 0 radical (unpaired) electrons. The number of hydrogen-bond donors (Lipinski definition) is 1. The molecule has 0 aromatic heterocycles. The van der Waals surface area contributed by atoms with Gasteiger partial charge in [-0.2, -0.15) is 0 Å². The van der Waals surface area contributed by atoms with Crippen molar-refractivity contribution < 1.29 is 9.53 Å². The molecule has 1 N–H and O–H groups in total. The third kappa shape index (κ3) is 3.93. The van der Waals surface area contributed by atoms with Gasteiger partial charge in [0.1, 0.15) is 0 Å². The smallest absolute Gasteiger partial charge is 0.234 e. The summed E-state index contributed by atoms with van der Waals surface area (Å²) >= 11 is 0. The molecule has 1 aromatic carbocycles. The first-order valence-corrected chi connectivity index (χ1v) is 8.79. The van der Waals surface area contributed by atoms with Crippen LogP contribution < -0.4 is 5.32 Å². The Morgan fingerprint density at radius 2 is 1.96 bits per heavy atom. The summed E-state index contributed by atoms with van der Waals surface area (Å²) in [5, 5.41) is 3.18. The molecule has 0 unspecified atom stereocenters. The number of likely N-dealkylation sites (tertiary alicyclic amines) is 1.